The lowest BCUT2D eigenvalue weighted by molar-refractivity contribution is 0.303. The van der Waals surface area contributed by atoms with Crippen LogP contribution in [0.1, 0.15) is 29.2 Å². The van der Waals surface area contributed by atoms with Crippen molar-refractivity contribution in [3.63, 3.8) is 0 Å². The van der Waals surface area contributed by atoms with Crippen LogP contribution in [0.25, 0.3) is 0 Å². The quantitative estimate of drug-likeness (QED) is 0.522. The third-order valence-electron chi connectivity index (χ3n) is 4.38. The third-order valence-corrected chi connectivity index (χ3v) is 4.62. The van der Waals surface area contributed by atoms with Crippen molar-refractivity contribution >= 4 is 17.3 Å². The first-order chi connectivity index (χ1) is 12.6. The molecule has 3 heteroatoms. The van der Waals surface area contributed by atoms with Crippen molar-refractivity contribution in [1.29, 1.82) is 0 Å². The summed E-state index contributed by atoms with van der Waals surface area (Å²) in [4.78, 5) is 0. The van der Waals surface area contributed by atoms with Crippen LogP contribution in [0.4, 0.5) is 5.69 Å². The summed E-state index contributed by atoms with van der Waals surface area (Å²) in [5, 5.41) is 4.16. The molecule has 0 aromatic heterocycles. The normalized spacial score (nSPS) is 10.6. The largest absolute Gasteiger partial charge is 0.489 e. The maximum absolute atomic E-state index is 6.19. The molecule has 0 spiro atoms. The highest BCUT2D eigenvalue weighted by Gasteiger charge is 2.06. The van der Waals surface area contributed by atoms with Crippen LogP contribution in [0, 0.1) is 6.92 Å². The average molecular weight is 366 g/mol. The Morgan fingerprint density at radius 2 is 1.58 bits per heavy atom. The predicted molar refractivity (Wildman–Crippen MR) is 110 cm³/mol. The number of halogens is 1. The Morgan fingerprint density at radius 1 is 0.885 bits per heavy atom. The van der Waals surface area contributed by atoms with Gasteiger partial charge in [-0.3, -0.25) is 0 Å². The van der Waals surface area contributed by atoms with Gasteiger partial charge in [-0.15, -0.1) is 0 Å². The highest BCUT2D eigenvalue weighted by Crippen LogP contribution is 2.25. The summed E-state index contributed by atoms with van der Waals surface area (Å²) >= 11 is 6.19. The summed E-state index contributed by atoms with van der Waals surface area (Å²) in [6.07, 6.45) is 1.05. The van der Waals surface area contributed by atoms with E-state index >= 15 is 0 Å². The van der Waals surface area contributed by atoms with Gasteiger partial charge in [-0.1, -0.05) is 60.5 Å². The summed E-state index contributed by atoms with van der Waals surface area (Å²) in [5.41, 5.74) is 5.87. The number of anilines is 1. The molecule has 3 aromatic rings. The first-order valence-electron chi connectivity index (χ1n) is 8.93. The molecule has 134 valence electrons. The van der Waals surface area contributed by atoms with E-state index in [-0.39, 0.29) is 0 Å². The van der Waals surface area contributed by atoms with Gasteiger partial charge in [0, 0.05) is 22.8 Å². The van der Waals surface area contributed by atoms with Crippen molar-refractivity contribution in [1.82, 2.24) is 0 Å². The standard InChI is InChI=1S/C23H24ClNO/c1-3-18-8-11-22(12-9-18)25-15-20-14-21(24)10-13-23(20)26-16-19-6-4-17(2)5-7-19/h4-14,25H,3,15-16H2,1-2H3. The fraction of sp³-hybridized carbons (Fsp3) is 0.217. The molecular weight excluding hydrogens is 342 g/mol. The lowest BCUT2D eigenvalue weighted by Gasteiger charge is -2.14. The highest BCUT2D eigenvalue weighted by molar-refractivity contribution is 6.30. The molecule has 0 aliphatic rings. The molecule has 0 aliphatic carbocycles. The number of hydrogen-bond donors (Lipinski definition) is 1. The minimum Gasteiger partial charge on any atom is -0.489 e. The van der Waals surface area contributed by atoms with Crippen LogP contribution in [0.15, 0.2) is 66.7 Å². The lowest BCUT2D eigenvalue weighted by Crippen LogP contribution is -2.04. The Balaban J connectivity index is 1.67. The molecule has 0 saturated carbocycles. The number of benzene rings is 3. The molecule has 0 saturated heterocycles. The fourth-order valence-electron chi connectivity index (χ4n) is 2.73. The van der Waals surface area contributed by atoms with E-state index in [1.807, 2.05) is 18.2 Å². The summed E-state index contributed by atoms with van der Waals surface area (Å²) in [6, 6.07) is 22.7. The molecule has 0 fully saturated rings. The molecule has 0 amide bonds. The van der Waals surface area contributed by atoms with E-state index in [9.17, 15) is 0 Å². The topological polar surface area (TPSA) is 21.3 Å². The van der Waals surface area contributed by atoms with Crippen LogP contribution in [0.5, 0.6) is 5.75 Å². The van der Waals surface area contributed by atoms with Crippen molar-refractivity contribution in [2.24, 2.45) is 0 Å². The molecule has 2 nitrogen and oxygen atoms in total. The van der Waals surface area contributed by atoms with Gasteiger partial charge in [-0.2, -0.15) is 0 Å². The van der Waals surface area contributed by atoms with E-state index in [0.717, 1.165) is 29.0 Å². The SMILES string of the molecule is CCc1ccc(NCc2cc(Cl)ccc2OCc2ccc(C)cc2)cc1. The molecule has 0 radical (unpaired) electrons. The molecule has 0 unspecified atom stereocenters. The average Bonchev–Trinajstić information content (AvgIpc) is 2.67. The molecule has 0 atom stereocenters. The Bertz CT molecular complexity index is 841. The van der Waals surface area contributed by atoms with Crippen LogP contribution in [0.2, 0.25) is 5.02 Å². The van der Waals surface area contributed by atoms with E-state index < -0.39 is 0 Å². The second kappa shape index (κ2) is 8.77. The van der Waals surface area contributed by atoms with Crippen molar-refractivity contribution in [2.75, 3.05) is 5.32 Å². The number of hydrogen-bond acceptors (Lipinski definition) is 2. The number of ether oxygens (including phenoxy) is 1. The van der Waals surface area contributed by atoms with E-state index in [1.165, 1.54) is 11.1 Å². The summed E-state index contributed by atoms with van der Waals surface area (Å²) in [7, 11) is 0. The molecule has 1 N–H and O–H groups in total. The van der Waals surface area contributed by atoms with Crippen LogP contribution < -0.4 is 10.1 Å². The summed E-state index contributed by atoms with van der Waals surface area (Å²) < 4.78 is 6.04. The fourth-order valence-corrected chi connectivity index (χ4v) is 2.92. The third kappa shape index (κ3) is 5.03. The minimum absolute atomic E-state index is 0.542. The smallest absolute Gasteiger partial charge is 0.124 e. The molecule has 0 aliphatic heterocycles. The van der Waals surface area contributed by atoms with E-state index in [1.54, 1.807) is 0 Å². The predicted octanol–water partition coefficient (Wildman–Crippen LogP) is 6.40. The number of nitrogens with one attached hydrogen (secondary N) is 1. The van der Waals surface area contributed by atoms with Crippen LogP contribution in [-0.2, 0) is 19.6 Å². The van der Waals surface area contributed by atoms with Crippen LogP contribution in [0.3, 0.4) is 0 Å². The maximum atomic E-state index is 6.19. The Kier molecular flexibility index (Phi) is 6.19. The van der Waals surface area contributed by atoms with Gasteiger partial charge in [0.15, 0.2) is 0 Å². The zero-order valence-corrected chi connectivity index (χ0v) is 16.0. The number of aryl methyl sites for hydroxylation is 2. The molecular formula is C23H24ClNO. The highest BCUT2D eigenvalue weighted by atomic mass is 35.5. The molecule has 0 bridgehead atoms. The van der Waals surface area contributed by atoms with Gasteiger partial charge in [0.25, 0.3) is 0 Å². The monoisotopic (exact) mass is 365 g/mol. The van der Waals surface area contributed by atoms with E-state index in [2.05, 4.69) is 67.7 Å². The second-order valence-electron chi connectivity index (χ2n) is 6.43. The van der Waals surface area contributed by atoms with Gasteiger partial charge < -0.3 is 10.1 Å². The van der Waals surface area contributed by atoms with Gasteiger partial charge in [-0.25, -0.2) is 0 Å². The molecule has 3 aromatic carbocycles. The molecule has 26 heavy (non-hydrogen) atoms. The first kappa shape index (κ1) is 18.3. The zero-order chi connectivity index (χ0) is 18.4. The lowest BCUT2D eigenvalue weighted by atomic mass is 10.1. The van der Waals surface area contributed by atoms with E-state index in [4.69, 9.17) is 16.3 Å². The maximum Gasteiger partial charge on any atom is 0.124 e. The van der Waals surface area contributed by atoms with Crippen LogP contribution >= 0.6 is 11.6 Å². The van der Waals surface area contributed by atoms with E-state index in [0.29, 0.717) is 18.2 Å². The Morgan fingerprint density at radius 3 is 2.27 bits per heavy atom. The second-order valence-corrected chi connectivity index (χ2v) is 6.87. The van der Waals surface area contributed by atoms with Crippen molar-refractivity contribution < 1.29 is 4.74 Å². The van der Waals surface area contributed by atoms with Crippen molar-refractivity contribution in [2.45, 2.75) is 33.4 Å². The number of rotatable bonds is 7. The van der Waals surface area contributed by atoms with Gasteiger partial charge in [0.05, 0.1) is 0 Å². The van der Waals surface area contributed by atoms with Crippen LogP contribution in [-0.4, -0.2) is 0 Å². The van der Waals surface area contributed by atoms with Gasteiger partial charge >= 0.3 is 0 Å². The van der Waals surface area contributed by atoms with Gasteiger partial charge in [-0.05, 0) is 54.8 Å². The van der Waals surface area contributed by atoms with Crippen molar-refractivity contribution in [3.8, 4) is 5.75 Å². The molecule has 3 rings (SSSR count). The first-order valence-corrected chi connectivity index (χ1v) is 9.31. The zero-order valence-electron chi connectivity index (χ0n) is 15.3. The van der Waals surface area contributed by atoms with Gasteiger partial charge in [0.1, 0.15) is 12.4 Å². The Labute approximate surface area is 160 Å². The summed E-state index contributed by atoms with van der Waals surface area (Å²) in [6.45, 7) is 5.45. The van der Waals surface area contributed by atoms with Crippen molar-refractivity contribution in [3.05, 3.63) is 94.0 Å². The minimum atomic E-state index is 0.542. The summed E-state index contributed by atoms with van der Waals surface area (Å²) in [5.74, 6) is 0.854. The molecule has 0 heterocycles. The van der Waals surface area contributed by atoms with Gasteiger partial charge in [0.2, 0.25) is 0 Å². The Hall–Kier alpha value is -2.45.